The molecule has 0 radical (unpaired) electrons. The third-order valence-electron chi connectivity index (χ3n) is 3.77. The van der Waals surface area contributed by atoms with Crippen molar-refractivity contribution in [1.29, 1.82) is 0 Å². The third kappa shape index (κ3) is 5.85. The van der Waals surface area contributed by atoms with Crippen LogP contribution in [0.5, 0.6) is 5.75 Å². The number of amides is 1. The Morgan fingerprint density at radius 1 is 1.19 bits per heavy atom. The van der Waals surface area contributed by atoms with Gasteiger partial charge in [0.1, 0.15) is 5.75 Å². The van der Waals surface area contributed by atoms with Gasteiger partial charge in [-0.15, -0.1) is 0 Å². The Morgan fingerprint density at radius 3 is 2.42 bits per heavy atom. The number of nitrogens with zero attached hydrogens (tertiary/aromatic N) is 1. The lowest BCUT2D eigenvalue weighted by Crippen LogP contribution is -2.25. The summed E-state index contributed by atoms with van der Waals surface area (Å²) in [6, 6.07) is 13.1. The minimum absolute atomic E-state index is 0.0479. The number of rotatable bonds is 5. The maximum absolute atomic E-state index is 12.0. The van der Waals surface area contributed by atoms with Crippen molar-refractivity contribution in [3.63, 3.8) is 0 Å². The second-order valence-corrected chi connectivity index (χ2v) is 8.21. The average Bonchev–Trinajstić information content (AvgIpc) is 2.58. The van der Waals surface area contributed by atoms with E-state index in [1.165, 1.54) is 5.56 Å². The number of hydrogen-bond acceptors (Lipinski definition) is 3. The summed E-state index contributed by atoms with van der Waals surface area (Å²) >= 11 is 9.35. The third-order valence-corrected chi connectivity index (χ3v) is 4.64. The largest absolute Gasteiger partial charge is 0.483 e. The standard InChI is InChI=1S/C20H22BrClN2O2/c1-13(14-5-8-16(22)9-6-14)23-24-19(25)12-26-18-10-7-15(11-17(18)21)20(2,3)4/h5-11H,12H2,1-4H3,(H,24,25)/b23-13+. The molecule has 4 nitrogen and oxygen atoms in total. The molecule has 2 aromatic carbocycles. The molecule has 2 rings (SSSR count). The van der Waals surface area contributed by atoms with E-state index in [-0.39, 0.29) is 17.9 Å². The number of carbonyl (C=O) groups excluding carboxylic acids is 1. The lowest BCUT2D eigenvalue weighted by molar-refractivity contribution is -0.123. The van der Waals surface area contributed by atoms with Gasteiger partial charge < -0.3 is 4.74 Å². The highest BCUT2D eigenvalue weighted by atomic mass is 79.9. The van der Waals surface area contributed by atoms with E-state index in [1.807, 2.05) is 37.3 Å². The van der Waals surface area contributed by atoms with Crippen LogP contribution in [0.2, 0.25) is 5.02 Å². The Labute approximate surface area is 167 Å². The Kier molecular flexibility index (Phi) is 6.84. The molecule has 0 spiro atoms. The van der Waals surface area contributed by atoms with Crippen molar-refractivity contribution in [3.8, 4) is 5.75 Å². The van der Waals surface area contributed by atoms with Gasteiger partial charge >= 0.3 is 0 Å². The summed E-state index contributed by atoms with van der Waals surface area (Å²) < 4.78 is 6.39. The highest BCUT2D eigenvalue weighted by Crippen LogP contribution is 2.31. The van der Waals surface area contributed by atoms with Crippen molar-refractivity contribution in [2.45, 2.75) is 33.1 Å². The second kappa shape index (κ2) is 8.69. The molecule has 2 aromatic rings. The lowest BCUT2D eigenvalue weighted by Gasteiger charge is -2.20. The van der Waals surface area contributed by atoms with Crippen molar-refractivity contribution in [2.24, 2.45) is 5.10 Å². The van der Waals surface area contributed by atoms with Gasteiger partial charge in [0, 0.05) is 5.02 Å². The fraction of sp³-hybridized carbons (Fsp3) is 0.300. The van der Waals surface area contributed by atoms with Gasteiger partial charge in [0.05, 0.1) is 10.2 Å². The quantitative estimate of drug-likeness (QED) is 0.508. The minimum atomic E-state index is -0.329. The smallest absolute Gasteiger partial charge is 0.277 e. The zero-order valence-electron chi connectivity index (χ0n) is 15.3. The van der Waals surface area contributed by atoms with E-state index in [2.05, 4.69) is 47.2 Å². The SMILES string of the molecule is C/C(=N\NC(=O)COc1ccc(C(C)(C)C)cc1Br)c1ccc(Cl)cc1. The molecule has 0 saturated carbocycles. The first-order valence-electron chi connectivity index (χ1n) is 8.19. The predicted molar refractivity (Wildman–Crippen MR) is 110 cm³/mol. The van der Waals surface area contributed by atoms with Crippen molar-refractivity contribution >= 4 is 39.1 Å². The van der Waals surface area contributed by atoms with Crippen LogP contribution in [-0.2, 0) is 10.2 Å². The van der Waals surface area contributed by atoms with Crippen LogP contribution in [0.3, 0.4) is 0 Å². The average molecular weight is 438 g/mol. The number of nitrogens with one attached hydrogen (secondary N) is 1. The van der Waals surface area contributed by atoms with Gasteiger partial charge in [0.15, 0.2) is 6.61 Å². The van der Waals surface area contributed by atoms with Crippen molar-refractivity contribution in [1.82, 2.24) is 5.43 Å². The molecule has 0 heterocycles. The Hall–Kier alpha value is -1.85. The van der Waals surface area contributed by atoms with Crippen LogP contribution >= 0.6 is 27.5 Å². The molecule has 1 N–H and O–H groups in total. The van der Waals surface area contributed by atoms with Gasteiger partial charge in [-0.2, -0.15) is 5.10 Å². The Balaban J connectivity index is 1.92. The molecule has 6 heteroatoms. The molecule has 0 saturated heterocycles. The fourth-order valence-corrected chi connectivity index (χ4v) is 2.78. The van der Waals surface area contributed by atoms with Gasteiger partial charge in [-0.05, 0) is 63.7 Å². The number of hydrogen-bond donors (Lipinski definition) is 1. The zero-order chi connectivity index (χ0) is 19.3. The Morgan fingerprint density at radius 2 is 1.85 bits per heavy atom. The van der Waals surface area contributed by atoms with Gasteiger partial charge in [0.25, 0.3) is 5.91 Å². The van der Waals surface area contributed by atoms with E-state index in [4.69, 9.17) is 16.3 Å². The van der Waals surface area contributed by atoms with Gasteiger partial charge in [-0.1, -0.05) is 50.6 Å². The first-order chi connectivity index (χ1) is 12.2. The van der Waals surface area contributed by atoms with Gasteiger partial charge in [0.2, 0.25) is 0 Å². The molecule has 0 atom stereocenters. The van der Waals surface area contributed by atoms with Crippen LogP contribution in [-0.4, -0.2) is 18.2 Å². The first kappa shape index (κ1) is 20.5. The van der Waals surface area contributed by atoms with E-state index >= 15 is 0 Å². The molecule has 0 aromatic heterocycles. The van der Waals surface area contributed by atoms with E-state index in [0.29, 0.717) is 16.5 Å². The summed E-state index contributed by atoms with van der Waals surface area (Å²) in [4.78, 5) is 12.0. The summed E-state index contributed by atoms with van der Waals surface area (Å²) in [5, 5.41) is 4.74. The van der Waals surface area contributed by atoms with Crippen molar-refractivity contribution < 1.29 is 9.53 Å². The summed E-state index contributed by atoms with van der Waals surface area (Å²) in [5.74, 6) is 0.289. The summed E-state index contributed by atoms with van der Waals surface area (Å²) in [5.41, 5.74) is 5.30. The number of benzene rings is 2. The van der Waals surface area contributed by atoms with Gasteiger partial charge in [-0.3, -0.25) is 4.79 Å². The molecule has 0 fully saturated rings. The van der Waals surface area contributed by atoms with Crippen LogP contribution in [0.1, 0.15) is 38.8 Å². The maximum atomic E-state index is 12.0. The van der Waals surface area contributed by atoms with Crippen LogP contribution in [0.4, 0.5) is 0 Å². The van der Waals surface area contributed by atoms with E-state index < -0.39 is 0 Å². The minimum Gasteiger partial charge on any atom is -0.483 e. The lowest BCUT2D eigenvalue weighted by atomic mass is 9.87. The number of hydrazone groups is 1. The molecule has 138 valence electrons. The molecule has 26 heavy (non-hydrogen) atoms. The van der Waals surface area contributed by atoms with Crippen LogP contribution in [0, 0.1) is 0 Å². The summed E-state index contributed by atoms with van der Waals surface area (Å²) in [6.07, 6.45) is 0. The first-order valence-corrected chi connectivity index (χ1v) is 9.36. The molecule has 0 aliphatic heterocycles. The molecular formula is C20H22BrClN2O2. The summed E-state index contributed by atoms with van der Waals surface area (Å²) in [7, 11) is 0. The van der Waals surface area contributed by atoms with E-state index in [1.54, 1.807) is 12.1 Å². The van der Waals surface area contributed by atoms with Crippen molar-refractivity contribution in [2.75, 3.05) is 6.61 Å². The molecular weight excluding hydrogens is 416 g/mol. The summed E-state index contributed by atoms with van der Waals surface area (Å²) in [6.45, 7) is 8.12. The highest BCUT2D eigenvalue weighted by Gasteiger charge is 2.15. The molecule has 0 bridgehead atoms. The molecule has 0 aliphatic rings. The van der Waals surface area contributed by atoms with E-state index in [9.17, 15) is 4.79 Å². The molecule has 0 aliphatic carbocycles. The van der Waals surface area contributed by atoms with Crippen LogP contribution in [0.25, 0.3) is 0 Å². The van der Waals surface area contributed by atoms with E-state index in [0.717, 1.165) is 10.0 Å². The normalized spacial score (nSPS) is 12.0. The molecule has 1 amide bonds. The predicted octanol–water partition coefficient (Wildman–Crippen LogP) is 5.32. The molecule has 0 unspecified atom stereocenters. The van der Waals surface area contributed by atoms with Crippen LogP contribution < -0.4 is 10.2 Å². The second-order valence-electron chi connectivity index (χ2n) is 6.92. The maximum Gasteiger partial charge on any atom is 0.277 e. The zero-order valence-corrected chi connectivity index (χ0v) is 17.6. The number of ether oxygens (including phenoxy) is 1. The topological polar surface area (TPSA) is 50.7 Å². The highest BCUT2D eigenvalue weighted by molar-refractivity contribution is 9.10. The van der Waals surface area contributed by atoms with Gasteiger partial charge in [-0.25, -0.2) is 5.43 Å². The van der Waals surface area contributed by atoms with Crippen LogP contribution in [0.15, 0.2) is 52.0 Å². The van der Waals surface area contributed by atoms with Crippen molar-refractivity contribution in [3.05, 3.63) is 63.1 Å². The monoisotopic (exact) mass is 436 g/mol. The number of carbonyl (C=O) groups is 1. The number of halogens is 2. The fourth-order valence-electron chi connectivity index (χ4n) is 2.16. The Bertz CT molecular complexity index is 812.